The van der Waals surface area contributed by atoms with Crippen LogP contribution in [0.4, 0.5) is 11.6 Å². The van der Waals surface area contributed by atoms with E-state index in [9.17, 15) is 10.1 Å². The second-order valence-corrected chi connectivity index (χ2v) is 4.17. The lowest BCUT2D eigenvalue weighted by Crippen LogP contribution is -2.19. The molecule has 0 aliphatic heterocycles. The van der Waals surface area contributed by atoms with Crippen LogP contribution in [-0.2, 0) is 6.54 Å². The monoisotopic (exact) mass is 269 g/mol. The third-order valence-corrected chi connectivity index (χ3v) is 2.65. The number of nitrogens with zero attached hydrogens (tertiary/aromatic N) is 5. The van der Waals surface area contributed by atoms with E-state index in [0.29, 0.717) is 18.1 Å². The largest absolute Gasteiger partial charge is 0.340 e. The van der Waals surface area contributed by atoms with E-state index in [0.717, 1.165) is 5.56 Å². The molecular weight excluding hydrogens is 258 g/mol. The number of aromatic nitrogens is 2. The summed E-state index contributed by atoms with van der Waals surface area (Å²) in [6.07, 6.45) is 2.34. The van der Waals surface area contributed by atoms with Crippen molar-refractivity contribution in [1.82, 2.24) is 9.97 Å². The van der Waals surface area contributed by atoms with Crippen LogP contribution < -0.4 is 4.90 Å². The predicted molar refractivity (Wildman–Crippen MR) is 72.0 cm³/mol. The summed E-state index contributed by atoms with van der Waals surface area (Å²) in [6.45, 7) is 0.507. The van der Waals surface area contributed by atoms with Crippen molar-refractivity contribution < 1.29 is 4.92 Å². The highest BCUT2D eigenvalue weighted by atomic mass is 16.6. The number of anilines is 1. The number of rotatable bonds is 4. The van der Waals surface area contributed by atoms with E-state index in [4.69, 9.17) is 5.26 Å². The van der Waals surface area contributed by atoms with Gasteiger partial charge in [0.25, 0.3) is 0 Å². The highest BCUT2D eigenvalue weighted by Crippen LogP contribution is 2.14. The Labute approximate surface area is 115 Å². The van der Waals surface area contributed by atoms with Gasteiger partial charge in [-0.05, 0) is 17.7 Å². The van der Waals surface area contributed by atoms with E-state index >= 15 is 0 Å². The molecule has 0 unspecified atom stereocenters. The number of hydrogen-bond acceptors (Lipinski definition) is 6. The van der Waals surface area contributed by atoms with Gasteiger partial charge in [0.1, 0.15) is 12.4 Å². The fraction of sp³-hybridized carbons (Fsp3) is 0.154. The summed E-state index contributed by atoms with van der Waals surface area (Å²) in [5.41, 5.74) is 1.38. The van der Waals surface area contributed by atoms with Crippen LogP contribution in [0.5, 0.6) is 0 Å². The molecule has 1 aromatic carbocycles. The lowest BCUT2D eigenvalue weighted by Gasteiger charge is -2.16. The third kappa shape index (κ3) is 3.05. The molecule has 7 nitrogen and oxygen atoms in total. The first-order chi connectivity index (χ1) is 9.60. The average molecular weight is 269 g/mol. The summed E-state index contributed by atoms with van der Waals surface area (Å²) >= 11 is 0. The topological polar surface area (TPSA) is 96.0 Å². The van der Waals surface area contributed by atoms with Crippen molar-refractivity contribution in [3.63, 3.8) is 0 Å². The maximum atomic E-state index is 10.5. The van der Waals surface area contributed by atoms with Crippen LogP contribution in [-0.4, -0.2) is 21.9 Å². The van der Waals surface area contributed by atoms with E-state index in [1.807, 2.05) is 6.07 Å². The molecule has 1 aromatic heterocycles. The molecule has 0 amide bonds. The molecule has 0 atom stereocenters. The molecule has 0 N–H and O–H groups in total. The Morgan fingerprint density at radius 3 is 2.70 bits per heavy atom. The van der Waals surface area contributed by atoms with Crippen LogP contribution in [0.15, 0.2) is 36.7 Å². The van der Waals surface area contributed by atoms with Crippen molar-refractivity contribution in [1.29, 1.82) is 5.26 Å². The van der Waals surface area contributed by atoms with E-state index in [2.05, 4.69) is 16.0 Å². The highest BCUT2D eigenvalue weighted by Gasteiger charge is 2.10. The Hall–Kier alpha value is -3.01. The highest BCUT2D eigenvalue weighted by molar-refractivity contribution is 5.37. The van der Waals surface area contributed by atoms with Crippen LogP contribution in [0.2, 0.25) is 0 Å². The van der Waals surface area contributed by atoms with E-state index in [-0.39, 0.29) is 5.69 Å². The van der Waals surface area contributed by atoms with Gasteiger partial charge in [0.05, 0.1) is 16.6 Å². The van der Waals surface area contributed by atoms with Gasteiger partial charge in [0, 0.05) is 13.6 Å². The molecule has 0 spiro atoms. The van der Waals surface area contributed by atoms with Gasteiger partial charge in [0.15, 0.2) is 0 Å². The lowest BCUT2D eigenvalue weighted by molar-refractivity contribution is -0.385. The number of benzene rings is 1. The van der Waals surface area contributed by atoms with Crippen molar-refractivity contribution in [3.8, 4) is 6.07 Å². The maximum absolute atomic E-state index is 10.5. The molecule has 7 heteroatoms. The Balaban J connectivity index is 2.13. The first-order valence-electron chi connectivity index (χ1n) is 5.77. The summed E-state index contributed by atoms with van der Waals surface area (Å²) in [5, 5.41) is 19.4. The fourth-order valence-electron chi connectivity index (χ4n) is 1.69. The van der Waals surface area contributed by atoms with Gasteiger partial charge in [0.2, 0.25) is 5.95 Å². The average Bonchev–Trinajstić information content (AvgIpc) is 2.47. The van der Waals surface area contributed by atoms with Gasteiger partial charge in [-0.2, -0.15) is 5.26 Å². The van der Waals surface area contributed by atoms with Crippen LogP contribution in [0.3, 0.4) is 0 Å². The number of nitro groups is 1. The van der Waals surface area contributed by atoms with Crippen LogP contribution >= 0.6 is 0 Å². The van der Waals surface area contributed by atoms with Crippen molar-refractivity contribution in [3.05, 3.63) is 57.9 Å². The third-order valence-electron chi connectivity index (χ3n) is 2.65. The van der Waals surface area contributed by atoms with Gasteiger partial charge in [-0.15, -0.1) is 0 Å². The van der Waals surface area contributed by atoms with Crippen molar-refractivity contribution in [2.75, 3.05) is 11.9 Å². The minimum Gasteiger partial charge on any atom is -0.340 e. The van der Waals surface area contributed by atoms with Crippen LogP contribution in [0.1, 0.15) is 11.1 Å². The second kappa shape index (κ2) is 5.75. The quantitative estimate of drug-likeness (QED) is 0.621. The molecule has 0 aliphatic carbocycles. The molecule has 2 aromatic rings. The molecule has 0 saturated heterocycles. The second-order valence-electron chi connectivity index (χ2n) is 4.17. The predicted octanol–water partition coefficient (Wildman–Crippen LogP) is 1.89. The fourth-order valence-corrected chi connectivity index (χ4v) is 1.69. The van der Waals surface area contributed by atoms with Gasteiger partial charge >= 0.3 is 5.69 Å². The molecule has 0 fully saturated rings. The molecule has 1 heterocycles. The summed E-state index contributed by atoms with van der Waals surface area (Å²) in [7, 11) is 1.78. The van der Waals surface area contributed by atoms with E-state index in [1.54, 1.807) is 30.1 Å². The lowest BCUT2D eigenvalue weighted by atomic mass is 10.1. The smallest absolute Gasteiger partial charge is 0.305 e. The van der Waals surface area contributed by atoms with Crippen molar-refractivity contribution >= 4 is 11.6 Å². The molecule has 0 bridgehead atoms. The standard InChI is InChI=1S/C13H11N5O2/c1-17(9-11-4-2-3-10(5-11)6-14)13-15-7-12(8-16-13)18(19)20/h2-5,7-8H,9H2,1H3. The zero-order valence-corrected chi connectivity index (χ0v) is 10.7. The van der Waals surface area contributed by atoms with Crippen LogP contribution in [0.25, 0.3) is 0 Å². The zero-order valence-electron chi connectivity index (χ0n) is 10.7. The molecule has 100 valence electrons. The maximum Gasteiger partial charge on any atom is 0.305 e. The number of hydrogen-bond donors (Lipinski definition) is 0. The Kier molecular flexibility index (Phi) is 3.86. The van der Waals surface area contributed by atoms with Crippen LogP contribution in [0, 0.1) is 21.4 Å². The molecule has 20 heavy (non-hydrogen) atoms. The zero-order chi connectivity index (χ0) is 14.5. The SMILES string of the molecule is CN(Cc1cccc(C#N)c1)c1ncc([N+](=O)[O-])cn1. The molecule has 0 radical (unpaired) electrons. The number of nitriles is 1. The molecular formula is C13H11N5O2. The molecule has 0 saturated carbocycles. The van der Waals surface area contributed by atoms with Gasteiger partial charge in [-0.25, -0.2) is 9.97 Å². The van der Waals surface area contributed by atoms with Crippen molar-refractivity contribution in [2.45, 2.75) is 6.54 Å². The molecule has 2 rings (SSSR count). The Morgan fingerprint density at radius 2 is 2.10 bits per heavy atom. The first-order valence-corrected chi connectivity index (χ1v) is 5.77. The summed E-state index contributed by atoms with van der Waals surface area (Å²) in [6, 6.07) is 9.28. The summed E-state index contributed by atoms with van der Waals surface area (Å²) < 4.78 is 0. The first kappa shape index (κ1) is 13.4. The van der Waals surface area contributed by atoms with Crippen molar-refractivity contribution in [2.24, 2.45) is 0 Å². The van der Waals surface area contributed by atoms with Gasteiger partial charge in [-0.1, -0.05) is 12.1 Å². The van der Waals surface area contributed by atoms with Gasteiger partial charge < -0.3 is 4.90 Å². The van der Waals surface area contributed by atoms with Gasteiger partial charge in [-0.3, -0.25) is 10.1 Å². The summed E-state index contributed by atoms with van der Waals surface area (Å²) in [5.74, 6) is 0.387. The minimum absolute atomic E-state index is 0.145. The normalized spacial score (nSPS) is 9.80. The van der Waals surface area contributed by atoms with E-state index < -0.39 is 4.92 Å². The minimum atomic E-state index is -0.541. The Bertz CT molecular complexity index is 663. The van der Waals surface area contributed by atoms with E-state index in [1.165, 1.54) is 12.4 Å². The Morgan fingerprint density at radius 1 is 1.40 bits per heavy atom. The molecule has 0 aliphatic rings. The summed E-state index contributed by atoms with van der Waals surface area (Å²) in [4.78, 5) is 19.6.